The zero-order valence-corrected chi connectivity index (χ0v) is 16.3. The molecule has 5 rings (SSSR count). The molecule has 8 nitrogen and oxygen atoms in total. The van der Waals surface area contributed by atoms with Crippen molar-refractivity contribution in [2.45, 2.75) is 25.4 Å². The molecule has 3 heterocycles. The highest BCUT2D eigenvalue weighted by molar-refractivity contribution is 6.04. The van der Waals surface area contributed by atoms with E-state index in [0.717, 1.165) is 17.3 Å². The molecule has 4 aromatic rings. The molecule has 1 aliphatic heterocycles. The maximum atomic E-state index is 13.4. The van der Waals surface area contributed by atoms with E-state index in [9.17, 15) is 14.7 Å². The third-order valence-corrected chi connectivity index (χ3v) is 5.70. The first-order chi connectivity index (χ1) is 14.7. The molecule has 0 bridgehead atoms. The van der Waals surface area contributed by atoms with E-state index in [-0.39, 0.29) is 30.7 Å². The minimum atomic E-state index is -0.350. The molecule has 1 amide bonds. The van der Waals surface area contributed by atoms with Crippen LogP contribution >= 0.6 is 0 Å². The van der Waals surface area contributed by atoms with E-state index in [4.69, 9.17) is 4.98 Å². The quantitative estimate of drug-likeness (QED) is 0.544. The Morgan fingerprint density at radius 3 is 2.73 bits per heavy atom. The number of nitrogens with one attached hydrogen (secondary N) is 1. The van der Waals surface area contributed by atoms with Gasteiger partial charge < -0.3 is 10.0 Å². The van der Waals surface area contributed by atoms with Gasteiger partial charge in [-0.2, -0.15) is 5.10 Å². The van der Waals surface area contributed by atoms with Crippen LogP contribution in [0.25, 0.3) is 21.8 Å². The van der Waals surface area contributed by atoms with Crippen molar-refractivity contribution in [2.24, 2.45) is 0 Å². The zero-order chi connectivity index (χ0) is 20.7. The third-order valence-electron chi connectivity index (χ3n) is 5.70. The number of carbonyl (C=O) groups excluding carboxylic acids is 1. The largest absolute Gasteiger partial charge is 0.395 e. The van der Waals surface area contributed by atoms with Crippen molar-refractivity contribution in [2.75, 3.05) is 13.2 Å². The normalized spacial score (nSPS) is 16.6. The van der Waals surface area contributed by atoms with Gasteiger partial charge in [0.15, 0.2) is 5.69 Å². The van der Waals surface area contributed by atoms with Gasteiger partial charge in [-0.05, 0) is 31.0 Å². The molecule has 8 heteroatoms. The molecular weight excluding hydrogens is 382 g/mol. The van der Waals surface area contributed by atoms with Gasteiger partial charge in [0, 0.05) is 11.9 Å². The van der Waals surface area contributed by atoms with Gasteiger partial charge in [0.1, 0.15) is 5.82 Å². The van der Waals surface area contributed by atoms with Crippen LogP contribution in [0.5, 0.6) is 0 Å². The number of carbonyl (C=O) groups is 1. The number of hydrogen-bond acceptors (Lipinski definition) is 5. The van der Waals surface area contributed by atoms with Crippen molar-refractivity contribution >= 4 is 27.7 Å². The fourth-order valence-corrected chi connectivity index (χ4v) is 4.30. The molecule has 152 valence electrons. The molecule has 0 aliphatic carbocycles. The van der Waals surface area contributed by atoms with Crippen molar-refractivity contribution in [3.63, 3.8) is 0 Å². The Labute approximate surface area is 171 Å². The number of H-pyrrole nitrogens is 1. The van der Waals surface area contributed by atoms with Crippen molar-refractivity contribution in [1.82, 2.24) is 24.6 Å². The zero-order valence-electron chi connectivity index (χ0n) is 16.3. The van der Waals surface area contributed by atoms with Crippen molar-refractivity contribution in [1.29, 1.82) is 0 Å². The Balaban J connectivity index is 1.61. The minimum Gasteiger partial charge on any atom is -0.395 e. The molecule has 1 unspecified atom stereocenters. The Kier molecular flexibility index (Phi) is 4.55. The van der Waals surface area contributed by atoms with E-state index >= 15 is 0 Å². The van der Waals surface area contributed by atoms with Crippen LogP contribution in [0.2, 0.25) is 0 Å². The van der Waals surface area contributed by atoms with E-state index in [1.807, 2.05) is 30.3 Å². The fourth-order valence-electron chi connectivity index (χ4n) is 4.30. The molecule has 2 N–H and O–H groups in total. The fraction of sp³-hybridized carbons (Fsp3) is 0.273. The van der Waals surface area contributed by atoms with E-state index in [0.29, 0.717) is 35.4 Å². The number of aliphatic hydroxyl groups excluding tert-OH is 1. The average molecular weight is 403 g/mol. The van der Waals surface area contributed by atoms with Gasteiger partial charge in [-0.25, -0.2) is 4.98 Å². The summed E-state index contributed by atoms with van der Waals surface area (Å²) < 4.78 is 1.50. The monoisotopic (exact) mass is 403 g/mol. The number of amides is 1. The topological polar surface area (TPSA) is 104 Å². The number of hydrogen-bond donors (Lipinski definition) is 2. The second-order valence-electron chi connectivity index (χ2n) is 7.44. The van der Waals surface area contributed by atoms with Crippen LogP contribution in [0.15, 0.2) is 53.3 Å². The average Bonchev–Trinajstić information content (AvgIpc) is 3.42. The van der Waals surface area contributed by atoms with Gasteiger partial charge in [0.05, 0.1) is 35.6 Å². The molecule has 2 aromatic heterocycles. The molecular formula is C22H21N5O3. The highest BCUT2D eigenvalue weighted by Crippen LogP contribution is 2.33. The highest BCUT2D eigenvalue weighted by Gasteiger charge is 2.35. The molecule has 30 heavy (non-hydrogen) atoms. The van der Waals surface area contributed by atoms with Crippen LogP contribution in [0, 0.1) is 0 Å². The summed E-state index contributed by atoms with van der Waals surface area (Å²) in [5, 5.41) is 18.0. The third kappa shape index (κ3) is 2.88. The van der Waals surface area contributed by atoms with Crippen LogP contribution in [0.3, 0.4) is 0 Å². The second kappa shape index (κ2) is 7.38. The predicted octanol–water partition coefficient (Wildman–Crippen LogP) is 2.24. The van der Waals surface area contributed by atoms with Crippen molar-refractivity contribution < 1.29 is 9.90 Å². The van der Waals surface area contributed by atoms with Crippen LogP contribution in [0.1, 0.15) is 35.2 Å². The Hall–Kier alpha value is -3.52. The smallest absolute Gasteiger partial charge is 0.275 e. The molecule has 1 aliphatic rings. The lowest BCUT2D eigenvalue weighted by Crippen LogP contribution is -2.36. The lowest BCUT2D eigenvalue weighted by molar-refractivity contribution is 0.0721. The highest BCUT2D eigenvalue weighted by atomic mass is 16.3. The molecule has 2 aromatic carbocycles. The number of benzene rings is 2. The summed E-state index contributed by atoms with van der Waals surface area (Å²) in [6, 6.07) is 14.3. The number of para-hydroxylation sites is 2. The summed E-state index contributed by atoms with van der Waals surface area (Å²) in [5.74, 6) is 0.325. The molecule has 0 spiro atoms. The van der Waals surface area contributed by atoms with Gasteiger partial charge in [-0.3, -0.25) is 19.3 Å². The summed E-state index contributed by atoms with van der Waals surface area (Å²) in [5.41, 5.74) is 1.57. The number of aliphatic hydroxyl groups is 1. The summed E-state index contributed by atoms with van der Waals surface area (Å²) in [7, 11) is 0. The standard InChI is InChI=1S/C22H21N5O3/c28-13-12-27-20(23-16-8-3-2-7-15(16)21(27)29)18-10-5-11-26(18)22(30)19-14-6-1-4-9-17(14)24-25-19/h1-4,6-9,18,28H,5,10-13H2,(H,24,25). The van der Waals surface area contributed by atoms with Gasteiger partial charge in [0.25, 0.3) is 11.5 Å². The first-order valence-corrected chi connectivity index (χ1v) is 10.0. The molecule has 0 radical (unpaired) electrons. The van der Waals surface area contributed by atoms with Gasteiger partial charge in [-0.1, -0.05) is 30.3 Å². The van der Waals surface area contributed by atoms with Crippen LogP contribution in [-0.4, -0.2) is 48.8 Å². The maximum Gasteiger partial charge on any atom is 0.275 e. The van der Waals surface area contributed by atoms with Gasteiger partial charge in [0.2, 0.25) is 0 Å². The van der Waals surface area contributed by atoms with Gasteiger partial charge >= 0.3 is 0 Å². The Morgan fingerprint density at radius 2 is 1.90 bits per heavy atom. The van der Waals surface area contributed by atoms with Crippen LogP contribution in [-0.2, 0) is 6.54 Å². The number of fused-ring (bicyclic) bond motifs is 2. The lowest BCUT2D eigenvalue weighted by Gasteiger charge is -2.26. The summed E-state index contributed by atoms with van der Waals surface area (Å²) >= 11 is 0. The van der Waals surface area contributed by atoms with E-state index < -0.39 is 0 Å². The van der Waals surface area contributed by atoms with E-state index in [1.165, 1.54) is 4.57 Å². The minimum absolute atomic E-state index is 0.135. The molecule has 1 fully saturated rings. The second-order valence-corrected chi connectivity index (χ2v) is 7.44. The first kappa shape index (κ1) is 18.5. The van der Waals surface area contributed by atoms with E-state index in [2.05, 4.69) is 10.2 Å². The van der Waals surface area contributed by atoms with Crippen molar-refractivity contribution in [3.8, 4) is 0 Å². The number of aromatic amines is 1. The summed E-state index contributed by atoms with van der Waals surface area (Å²) in [4.78, 5) is 33.0. The van der Waals surface area contributed by atoms with Crippen LogP contribution < -0.4 is 5.56 Å². The molecule has 1 saturated heterocycles. The van der Waals surface area contributed by atoms with Crippen LogP contribution in [0.4, 0.5) is 0 Å². The first-order valence-electron chi connectivity index (χ1n) is 10.0. The Bertz CT molecular complexity index is 1310. The van der Waals surface area contributed by atoms with Gasteiger partial charge in [-0.15, -0.1) is 0 Å². The predicted molar refractivity (Wildman–Crippen MR) is 112 cm³/mol. The number of nitrogens with zero attached hydrogens (tertiary/aromatic N) is 4. The van der Waals surface area contributed by atoms with E-state index in [1.54, 1.807) is 23.1 Å². The number of rotatable bonds is 4. The summed E-state index contributed by atoms with van der Waals surface area (Å²) in [6.45, 7) is 0.514. The molecule has 0 saturated carbocycles. The number of aromatic nitrogens is 4. The Morgan fingerprint density at radius 1 is 1.13 bits per heavy atom. The molecule has 1 atom stereocenters. The lowest BCUT2D eigenvalue weighted by atomic mass is 10.1. The maximum absolute atomic E-state index is 13.4. The summed E-state index contributed by atoms with van der Waals surface area (Å²) in [6.07, 6.45) is 1.50. The SMILES string of the molecule is O=C(c1n[nH]c2ccccc12)N1CCCC1c1nc2ccccc2c(=O)n1CCO. The van der Waals surface area contributed by atoms with Crippen molar-refractivity contribution in [3.05, 3.63) is 70.4 Å². The number of likely N-dealkylation sites (tertiary alicyclic amines) is 1.